The molecule has 1 fully saturated rings. The lowest BCUT2D eigenvalue weighted by Crippen LogP contribution is -2.45. The van der Waals surface area contributed by atoms with Crippen LogP contribution in [0.25, 0.3) is 0 Å². The van der Waals surface area contributed by atoms with Crippen LogP contribution in [0.4, 0.5) is 0 Å². The molecule has 0 aromatic carbocycles. The molecule has 0 radical (unpaired) electrons. The number of nitrogens with zero attached hydrogens (tertiary/aromatic N) is 1. The number of hydrogen-bond donors (Lipinski definition) is 1. The van der Waals surface area contributed by atoms with Crippen molar-refractivity contribution >= 4 is 5.91 Å². The van der Waals surface area contributed by atoms with Gasteiger partial charge in [0.1, 0.15) is 0 Å². The lowest BCUT2D eigenvalue weighted by atomic mass is 9.91. The molecule has 0 bridgehead atoms. The Morgan fingerprint density at radius 3 is 2.35 bits per heavy atom. The maximum absolute atomic E-state index is 12.0. The quantitative estimate of drug-likeness (QED) is 0.818. The summed E-state index contributed by atoms with van der Waals surface area (Å²) >= 11 is 0. The molecule has 1 rings (SSSR count). The number of carbonyl (C=O) groups is 1. The second-order valence-corrected chi connectivity index (χ2v) is 6.35. The molecule has 3 nitrogen and oxygen atoms in total. The van der Waals surface area contributed by atoms with Crippen LogP contribution in [0.2, 0.25) is 0 Å². The van der Waals surface area contributed by atoms with E-state index in [-0.39, 0.29) is 5.41 Å². The second-order valence-electron chi connectivity index (χ2n) is 6.35. The molecule has 0 saturated carbocycles. The minimum atomic E-state index is 0.106. The van der Waals surface area contributed by atoms with Crippen molar-refractivity contribution in [3.05, 3.63) is 0 Å². The van der Waals surface area contributed by atoms with Gasteiger partial charge < -0.3 is 10.2 Å². The summed E-state index contributed by atoms with van der Waals surface area (Å²) in [5.74, 6) is 0.325. The van der Waals surface area contributed by atoms with Crippen molar-refractivity contribution < 1.29 is 4.79 Å². The van der Waals surface area contributed by atoms with Crippen LogP contribution in [0.5, 0.6) is 0 Å². The van der Waals surface area contributed by atoms with E-state index in [1.165, 1.54) is 6.42 Å². The normalized spacial score (nSPS) is 18.5. The Balaban J connectivity index is 2.29. The molecular weight excluding hydrogens is 212 g/mol. The topological polar surface area (TPSA) is 32.3 Å². The molecule has 0 aromatic rings. The number of carbonyl (C=O) groups excluding carboxylic acids is 1. The summed E-state index contributed by atoms with van der Waals surface area (Å²) in [6.45, 7) is 11.5. The Hall–Kier alpha value is -0.570. The predicted octanol–water partition coefficient (Wildman–Crippen LogP) is 2.41. The molecule has 0 atom stereocenters. The summed E-state index contributed by atoms with van der Waals surface area (Å²) in [7, 11) is 0. The van der Waals surface area contributed by atoms with Crippen LogP contribution in [-0.4, -0.2) is 36.5 Å². The monoisotopic (exact) mass is 240 g/mol. The van der Waals surface area contributed by atoms with Gasteiger partial charge in [-0.15, -0.1) is 0 Å². The van der Waals surface area contributed by atoms with Gasteiger partial charge in [0, 0.05) is 25.6 Å². The molecular formula is C14H28N2O. The van der Waals surface area contributed by atoms with Crippen molar-refractivity contribution in [3.8, 4) is 0 Å². The Morgan fingerprint density at radius 1 is 1.29 bits per heavy atom. The summed E-state index contributed by atoms with van der Waals surface area (Å²) in [6.07, 6.45) is 4.06. The summed E-state index contributed by atoms with van der Waals surface area (Å²) in [5, 5.41) is 3.54. The highest BCUT2D eigenvalue weighted by Gasteiger charge is 2.25. The molecule has 0 spiro atoms. The number of nitrogens with one attached hydrogen (secondary N) is 1. The molecule has 1 heterocycles. The van der Waals surface area contributed by atoms with Crippen molar-refractivity contribution in [1.29, 1.82) is 0 Å². The third-order valence-electron chi connectivity index (χ3n) is 3.21. The Bertz CT molecular complexity index is 237. The first-order valence-electron chi connectivity index (χ1n) is 6.93. The highest BCUT2D eigenvalue weighted by molar-refractivity contribution is 5.76. The maximum Gasteiger partial charge on any atom is 0.223 e. The fourth-order valence-electron chi connectivity index (χ4n) is 2.25. The number of rotatable bonds is 4. The number of amides is 1. The number of piperidine rings is 1. The van der Waals surface area contributed by atoms with E-state index in [0.717, 1.165) is 32.5 Å². The van der Waals surface area contributed by atoms with Crippen LogP contribution in [0.1, 0.15) is 53.4 Å². The summed E-state index contributed by atoms with van der Waals surface area (Å²) in [4.78, 5) is 14.1. The molecule has 0 unspecified atom stereocenters. The molecule has 1 aliphatic rings. The van der Waals surface area contributed by atoms with Gasteiger partial charge in [-0.3, -0.25) is 4.79 Å². The van der Waals surface area contributed by atoms with Crippen molar-refractivity contribution in [2.24, 2.45) is 5.41 Å². The van der Waals surface area contributed by atoms with E-state index in [9.17, 15) is 4.79 Å². The molecule has 0 aliphatic carbocycles. The molecule has 1 N–H and O–H groups in total. The van der Waals surface area contributed by atoms with E-state index in [0.29, 0.717) is 18.4 Å². The van der Waals surface area contributed by atoms with E-state index < -0.39 is 0 Å². The van der Waals surface area contributed by atoms with Crippen LogP contribution in [-0.2, 0) is 4.79 Å². The maximum atomic E-state index is 12.0. The predicted molar refractivity (Wildman–Crippen MR) is 72.0 cm³/mol. The average Bonchev–Trinajstić information content (AvgIpc) is 2.24. The van der Waals surface area contributed by atoms with Gasteiger partial charge in [-0.25, -0.2) is 0 Å². The third-order valence-corrected chi connectivity index (χ3v) is 3.21. The first-order valence-corrected chi connectivity index (χ1v) is 6.93. The van der Waals surface area contributed by atoms with Crippen LogP contribution in [0.15, 0.2) is 0 Å². The Morgan fingerprint density at radius 2 is 1.88 bits per heavy atom. The van der Waals surface area contributed by atoms with Crippen molar-refractivity contribution in [2.75, 3.05) is 19.6 Å². The van der Waals surface area contributed by atoms with Crippen molar-refractivity contribution in [2.45, 2.75) is 59.4 Å². The SMILES string of the molecule is CCCNC1CCN(C(=O)CC(C)(C)C)CC1. The first-order chi connectivity index (χ1) is 7.92. The zero-order valence-electron chi connectivity index (χ0n) is 11.9. The molecule has 17 heavy (non-hydrogen) atoms. The molecule has 0 aromatic heterocycles. The first kappa shape index (κ1) is 14.5. The summed E-state index contributed by atoms with van der Waals surface area (Å²) < 4.78 is 0. The standard InChI is InChI=1S/C14H28N2O/c1-5-8-15-12-6-9-16(10-7-12)13(17)11-14(2,3)4/h12,15H,5-11H2,1-4H3. The Kier molecular flexibility index (Phi) is 5.44. The van der Waals surface area contributed by atoms with Gasteiger partial charge in [0.2, 0.25) is 5.91 Å². The highest BCUT2D eigenvalue weighted by atomic mass is 16.2. The molecule has 1 saturated heterocycles. The van der Waals surface area contributed by atoms with Crippen LogP contribution in [0.3, 0.4) is 0 Å². The van der Waals surface area contributed by atoms with E-state index in [4.69, 9.17) is 0 Å². The summed E-state index contributed by atoms with van der Waals surface area (Å²) in [6, 6.07) is 0.619. The molecule has 1 aliphatic heterocycles. The fourth-order valence-corrected chi connectivity index (χ4v) is 2.25. The van der Waals surface area contributed by atoms with Gasteiger partial charge in [0.05, 0.1) is 0 Å². The van der Waals surface area contributed by atoms with E-state index >= 15 is 0 Å². The van der Waals surface area contributed by atoms with Gasteiger partial charge in [-0.2, -0.15) is 0 Å². The lowest BCUT2D eigenvalue weighted by Gasteiger charge is -2.34. The molecule has 100 valence electrons. The lowest BCUT2D eigenvalue weighted by molar-refractivity contribution is -0.134. The van der Waals surface area contributed by atoms with Crippen LogP contribution < -0.4 is 5.32 Å². The fraction of sp³-hybridized carbons (Fsp3) is 0.929. The van der Waals surface area contributed by atoms with E-state index in [2.05, 4.69) is 33.0 Å². The minimum Gasteiger partial charge on any atom is -0.343 e. The number of likely N-dealkylation sites (tertiary alicyclic amines) is 1. The van der Waals surface area contributed by atoms with Crippen molar-refractivity contribution in [3.63, 3.8) is 0 Å². The van der Waals surface area contributed by atoms with Crippen molar-refractivity contribution in [1.82, 2.24) is 10.2 Å². The van der Waals surface area contributed by atoms with E-state index in [1.807, 2.05) is 4.90 Å². The third kappa shape index (κ3) is 5.53. The van der Waals surface area contributed by atoms with Gasteiger partial charge >= 0.3 is 0 Å². The largest absolute Gasteiger partial charge is 0.343 e. The zero-order valence-corrected chi connectivity index (χ0v) is 11.9. The van der Waals surface area contributed by atoms with Gasteiger partial charge in [-0.1, -0.05) is 27.7 Å². The summed E-state index contributed by atoms with van der Waals surface area (Å²) in [5.41, 5.74) is 0.106. The average molecular weight is 240 g/mol. The second kappa shape index (κ2) is 6.39. The van der Waals surface area contributed by atoms with Gasteiger partial charge in [0.25, 0.3) is 0 Å². The molecule has 3 heteroatoms. The zero-order chi connectivity index (χ0) is 12.9. The Labute approximate surface area is 106 Å². The minimum absolute atomic E-state index is 0.106. The molecule has 1 amide bonds. The van der Waals surface area contributed by atoms with Gasteiger partial charge in [0.15, 0.2) is 0 Å². The highest BCUT2D eigenvalue weighted by Crippen LogP contribution is 2.21. The van der Waals surface area contributed by atoms with Crippen LogP contribution >= 0.6 is 0 Å². The van der Waals surface area contributed by atoms with Crippen LogP contribution in [0, 0.1) is 5.41 Å². The smallest absolute Gasteiger partial charge is 0.223 e. The number of hydrogen-bond acceptors (Lipinski definition) is 2. The van der Waals surface area contributed by atoms with E-state index in [1.54, 1.807) is 0 Å². The van der Waals surface area contributed by atoms with Gasteiger partial charge in [-0.05, 0) is 31.2 Å².